The van der Waals surface area contributed by atoms with Crippen molar-refractivity contribution >= 4 is 12.2 Å². The van der Waals surface area contributed by atoms with Gasteiger partial charge in [-0.1, -0.05) is 12.8 Å². The summed E-state index contributed by atoms with van der Waals surface area (Å²) in [7, 11) is 0. The Morgan fingerprint density at radius 2 is 1.95 bits per heavy atom. The zero-order chi connectivity index (χ0) is 13.9. The molecule has 1 saturated carbocycles. The second-order valence-electron chi connectivity index (χ2n) is 6.57. The third kappa shape index (κ3) is 3.14. The van der Waals surface area contributed by atoms with Crippen molar-refractivity contribution < 1.29 is 4.79 Å². The molecule has 2 fully saturated rings. The first-order valence-corrected chi connectivity index (χ1v) is 8.02. The van der Waals surface area contributed by atoms with E-state index in [4.69, 9.17) is 5.73 Å². The largest absolute Gasteiger partial charge is 0.369 e. The van der Waals surface area contributed by atoms with Crippen LogP contribution in [0.2, 0.25) is 0 Å². The van der Waals surface area contributed by atoms with E-state index in [1.807, 2.05) is 0 Å². The number of rotatable bonds is 4. The van der Waals surface area contributed by atoms with Gasteiger partial charge in [0.1, 0.15) is 0 Å². The molecule has 5 nitrogen and oxygen atoms in total. The van der Waals surface area contributed by atoms with Gasteiger partial charge in [-0.05, 0) is 44.7 Å². The molecule has 0 spiro atoms. The van der Waals surface area contributed by atoms with Gasteiger partial charge in [-0.15, -0.1) is 0 Å². The Labute approximate surface area is 121 Å². The molecule has 0 radical (unpaired) electrons. The van der Waals surface area contributed by atoms with Gasteiger partial charge in [-0.2, -0.15) is 0 Å². The average molecular weight is 278 g/mol. The maximum atomic E-state index is 10.9. The maximum absolute atomic E-state index is 10.9. The van der Waals surface area contributed by atoms with Crippen LogP contribution in [0.15, 0.2) is 4.99 Å². The third-order valence-corrected chi connectivity index (χ3v) is 5.08. The van der Waals surface area contributed by atoms with Crippen LogP contribution in [0, 0.1) is 5.92 Å². The van der Waals surface area contributed by atoms with Crippen molar-refractivity contribution in [2.75, 3.05) is 26.2 Å². The van der Waals surface area contributed by atoms with Crippen LogP contribution < -0.4 is 5.73 Å². The van der Waals surface area contributed by atoms with Gasteiger partial charge in [-0.3, -0.25) is 14.7 Å². The van der Waals surface area contributed by atoms with E-state index in [1.165, 1.54) is 38.5 Å². The number of fused-ring (bicyclic) bond motifs is 1. The van der Waals surface area contributed by atoms with Crippen LogP contribution in [-0.2, 0) is 4.79 Å². The molecule has 1 saturated heterocycles. The number of nitrogens with zero attached hydrogens (tertiary/aromatic N) is 3. The minimum absolute atomic E-state index is 0.208. The molecule has 2 heterocycles. The first-order valence-electron chi connectivity index (χ1n) is 8.02. The number of hydrogen-bond donors (Lipinski definition) is 1. The summed E-state index contributed by atoms with van der Waals surface area (Å²) in [6.07, 6.45) is 9.75. The lowest BCUT2D eigenvalue weighted by Gasteiger charge is -2.37. The van der Waals surface area contributed by atoms with E-state index in [-0.39, 0.29) is 5.91 Å². The average Bonchev–Trinajstić information content (AvgIpc) is 2.84. The summed E-state index contributed by atoms with van der Waals surface area (Å²) in [4.78, 5) is 20.3. The smallest absolute Gasteiger partial charge is 0.231 e. The molecule has 5 heteroatoms. The van der Waals surface area contributed by atoms with Crippen molar-refractivity contribution in [3.8, 4) is 0 Å². The summed E-state index contributed by atoms with van der Waals surface area (Å²) in [6.45, 7) is 3.58. The highest BCUT2D eigenvalue weighted by molar-refractivity contribution is 5.75. The van der Waals surface area contributed by atoms with E-state index in [9.17, 15) is 4.79 Å². The molecule has 0 aromatic heterocycles. The van der Waals surface area contributed by atoms with E-state index in [1.54, 1.807) is 0 Å². The molecule has 1 amide bonds. The Kier molecular flexibility index (Phi) is 4.24. The SMILES string of the molecule is NC(=O)CN1CCC(CN2C=NC3CCCCC32)CC1. The Morgan fingerprint density at radius 1 is 1.20 bits per heavy atom. The van der Waals surface area contributed by atoms with Crippen molar-refractivity contribution in [3.05, 3.63) is 0 Å². The summed E-state index contributed by atoms with van der Waals surface area (Å²) in [5, 5.41) is 0. The fourth-order valence-electron chi connectivity index (χ4n) is 3.94. The number of amides is 1. The number of carbonyl (C=O) groups is 1. The molecule has 0 aromatic carbocycles. The lowest BCUT2D eigenvalue weighted by atomic mass is 9.89. The summed E-state index contributed by atoms with van der Waals surface area (Å²) in [5.74, 6) is 0.534. The van der Waals surface area contributed by atoms with E-state index >= 15 is 0 Å². The van der Waals surface area contributed by atoms with Crippen molar-refractivity contribution in [2.24, 2.45) is 16.6 Å². The van der Waals surface area contributed by atoms with Crippen molar-refractivity contribution in [3.63, 3.8) is 0 Å². The van der Waals surface area contributed by atoms with Crippen LogP contribution in [0.3, 0.4) is 0 Å². The summed E-state index contributed by atoms with van der Waals surface area (Å²) < 4.78 is 0. The normalized spacial score (nSPS) is 31.5. The highest BCUT2D eigenvalue weighted by Crippen LogP contribution is 2.30. The lowest BCUT2D eigenvalue weighted by Crippen LogP contribution is -2.45. The molecule has 3 rings (SSSR count). The highest BCUT2D eigenvalue weighted by Gasteiger charge is 2.34. The molecule has 20 heavy (non-hydrogen) atoms. The molecule has 0 bridgehead atoms. The third-order valence-electron chi connectivity index (χ3n) is 5.08. The standard InChI is InChI=1S/C15H26N4O/c16-15(20)10-18-7-5-12(6-8-18)9-19-11-17-13-3-1-2-4-14(13)19/h11-14H,1-10H2,(H2,16,20). The minimum atomic E-state index is -0.208. The summed E-state index contributed by atoms with van der Waals surface area (Å²) in [5.41, 5.74) is 5.26. The topological polar surface area (TPSA) is 61.9 Å². The number of piperidine rings is 1. The van der Waals surface area contributed by atoms with Gasteiger partial charge < -0.3 is 10.6 Å². The van der Waals surface area contributed by atoms with Crippen LogP contribution in [0.25, 0.3) is 0 Å². The van der Waals surface area contributed by atoms with E-state index in [2.05, 4.69) is 21.1 Å². The monoisotopic (exact) mass is 278 g/mol. The van der Waals surface area contributed by atoms with Crippen LogP contribution in [0.1, 0.15) is 38.5 Å². The van der Waals surface area contributed by atoms with Crippen molar-refractivity contribution in [2.45, 2.75) is 50.6 Å². The number of carbonyl (C=O) groups excluding carboxylic acids is 1. The number of likely N-dealkylation sites (tertiary alicyclic amines) is 1. The zero-order valence-electron chi connectivity index (χ0n) is 12.2. The number of hydrogen-bond acceptors (Lipinski definition) is 4. The van der Waals surface area contributed by atoms with Gasteiger partial charge in [0, 0.05) is 6.54 Å². The summed E-state index contributed by atoms with van der Waals surface area (Å²) >= 11 is 0. The molecule has 2 unspecified atom stereocenters. The van der Waals surface area contributed by atoms with Gasteiger partial charge in [0.25, 0.3) is 0 Å². The van der Waals surface area contributed by atoms with E-state index in [0.29, 0.717) is 18.6 Å². The van der Waals surface area contributed by atoms with Crippen LogP contribution in [0.5, 0.6) is 0 Å². The van der Waals surface area contributed by atoms with Gasteiger partial charge in [-0.25, -0.2) is 0 Å². The van der Waals surface area contributed by atoms with Crippen molar-refractivity contribution in [1.29, 1.82) is 0 Å². The van der Waals surface area contributed by atoms with Gasteiger partial charge >= 0.3 is 0 Å². The van der Waals surface area contributed by atoms with E-state index < -0.39 is 0 Å². The Balaban J connectivity index is 1.45. The van der Waals surface area contributed by atoms with Crippen LogP contribution >= 0.6 is 0 Å². The molecular formula is C15H26N4O. The van der Waals surface area contributed by atoms with Gasteiger partial charge in [0.05, 0.1) is 25.0 Å². The summed E-state index contributed by atoms with van der Waals surface area (Å²) in [6, 6.07) is 1.24. The molecule has 112 valence electrons. The molecule has 2 atom stereocenters. The van der Waals surface area contributed by atoms with Crippen molar-refractivity contribution in [1.82, 2.24) is 9.80 Å². The highest BCUT2D eigenvalue weighted by atomic mass is 16.1. The first kappa shape index (κ1) is 13.9. The predicted molar refractivity (Wildman–Crippen MR) is 79.6 cm³/mol. The fourth-order valence-corrected chi connectivity index (χ4v) is 3.94. The number of aliphatic imine (C=N–C) groups is 1. The van der Waals surface area contributed by atoms with Crippen LogP contribution in [-0.4, -0.2) is 60.3 Å². The Morgan fingerprint density at radius 3 is 2.70 bits per heavy atom. The number of nitrogens with two attached hydrogens (primary N) is 1. The molecule has 2 aliphatic heterocycles. The molecule has 0 aromatic rings. The maximum Gasteiger partial charge on any atom is 0.231 e. The fraction of sp³-hybridized carbons (Fsp3) is 0.867. The second-order valence-corrected chi connectivity index (χ2v) is 6.57. The van der Waals surface area contributed by atoms with Gasteiger partial charge in [0.15, 0.2) is 0 Å². The quantitative estimate of drug-likeness (QED) is 0.829. The number of primary amides is 1. The van der Waals surface area contributed by atoms with E-state index in [0.717, 1.165) is 25.6 Å². The Bertz CT molecular complexity index is 376. The molecule has 3 aliphatic rings. The second kappa shape index (κ2) is 6.12. The lowest BCUT2D eigenvalue weighted by molar-refractivity contribution is -0.119. The molecule has 2 N–H and O–H groups in total. The molecular weight excluding hydrogens is 252 g/mol. The Hall–Kier alpha value is -1.10. The van der Waals surface area contributed by atoms with Gasteiger partial charge in [0.2, 0.25) is 5.91 Å². The zero-order valence-corrected chi connectivity index (χ0v) is 12.2. The minimum Gasteiger partial charge on any atom is -0.369 e. The van der Waals surface area contributed by atoms with Crippen LogP contribution in [0.4, 0.5) is 0 Å². The predicted octanol–water partition coefficient (Wildman–Crippen LogP) is 0.839. The first-order chi connectivity index (χ1) is 9.72. The molecule has 1 aliphatic carbocycles.